The first kappa shape index (κ1) is 6.44. The summed E-state index contributed by atoms with van der Waals surface area (Å²) >= 11 is 0. The Kier molecular flexibility index (Phi) is 1.16. The minimum Gasteiger partial charge on any atom is -0.378 e. The van der Waals surface area contributed by atoms with Gasteiger partial charge in [0.1, 0.15) is 6.23 Å². The minimum atomic E-state index is -0.165. The summed E-state index contributed by atoms with van der Waals surface area (Å²) in [4.78, 5) is 0. The Balaban J connectivity index is 1.72. The van der Waals surface area contributed by atoms with E-state index < -0.39 is 0 Å². The van der Waals surface area contributed by atoms with Crippen molar-refractivity contribution in [3.63, 3.8) is 0 Å². The molecule has 1 saturated heterocycles. The van der Waals surface area contributed by atoms with Crippen molar-refractivity contribution in [3.8, 4) is 0 Å². The number of nitrogens with one attached hydrogen (secondary N) is 1. The van der Waals surface area contributed by atoms with Crippen LogP contribution in [0, 0.1) is 17.8 Å². The van der Waals surface area contributed by atoms with Crippen molar-refractivity contribution in [1.29, 1.82) is 0 Å². The van der Waals surface area contributed by atoms with Crippen molar-refractivity contribution in [3.05, 3.63) is 0 Å². The molecule has 0 aromatic carbocycles. The lowest BCUT2D eigenvalue weighted by Crippen LogP contribution is -2.65. The molecule has 1 heterocycles. The van der Waals surface area contributed by atoms with E-state index in [1.54, 1.807) is 0 Å². The van der Waals surface area contributed by atoms with E-state index in [-0.39, 0.29) is 6.23 Å². The van der Waals surface area contributed by atoms with E-state index in [9.17, 15) is 5.11 Å². The molecule has 2 N–H and O–H groups in total. The fourth-order valence-electron chi connectivity index (χ4n) is 3.04. The zero-order valence-electron chi connectivity index (χ0n) is 6.66. The van der Waals surface area contributed by atoms with Gasteiger partial charge in [-0.25, -0.2) is 0 Å². The maximum absolute atomic E-state index is 9.36. The molecule has 2 heteroatoms. The molecule has 0 spiro atoms. The summed E-state index contributed by atoms with van der Waals surface area (Å²) in [5.41, 5.74) is 0. The summed E-state index contributed by atoms with van der Waals surface area (Å²) in [6, 6.07) is 0.673. The van der Waals surface area contributed by atoms with Crippen molar-refractivity contribution in [2.45, 2.75) is 38.0 Å². The topological polar surface area (TPSA) is 32.3 Å². The summed E-state index contributed by atoms with van der Waals surface area (Å²) in [6.45, 7) is 0. The third-order valence-electron chi connectivity index (χ3n) is 4.01. The van der Waals surface area contributed by atoms with Gasteiger partial charge in [-0.15, -0.1) is 0 Å². The van der Waals surface area contributed by atoms with Crippen molar-refractivity contribution >= 4 is 0 Å². The maximum atomic E-state index is 9.36. The van der Waals surface area contributed by atoms with Gasteiger partial charge in [0.25, 0.3) is 0 Å². The van der Waals surface area contributed by atoms with Crippen LogP contribution in [-0.4, -0.2) is 17.4 Å². The zero-order chi connectivity index (χ0) is 7.42. The molecule has 0 aromatic heterocycles. The number of fused-ring (bicyclic) bond motifs is 2. The summed E-state index contributed by atoms with van der Waals surface area (Å²) < 4.78 is 0. The van der Waals surface area contributed by atoms with Crippen molar-refractivity contribution in [2.75, 3.05) is 0 Å². The zero-order valence-corrected chi connectivity index (χ0v) is 6.66. The molecule has 62 valence electrons. The van der Waals surface area contributed by atoms with E-state index in [4.69, 9.17) is 0 Å². The predicted octanol–water partition coefficient (Wildman–Crippen LogP) is 0.713. The van der Waals surface area contributed by atoms with E-state index in [0.717, 1.165) is 11.8 Å². The highest BCUT2D eigenvalue weighted by atomic mass is 16.3. The van der Waals surface area contributed by atoms with Crippen LogP contribution in [0.4, 0.5) is 0 Å². The van der Waals surface area contributed by atoms with Crippen LogP contribution in [0.25, 0.3) is 0 Å². The molecule has 0 bridgehead atoms. The van der Waals surface area contributed by atoms with Crippen LogP contribution in [0.1, 0.15) is 25.7 Å². The molecule has 0 amide bonds. The molecule has 3 rings (SSSR count). The lowest BCUT2D eigenvalue weighted by atomic mass is 9.58. The Labute approximate surface area is 67.0 Å². The largest absolute Gasteiger partial charge is 0.378 e. The number of rotatable bonds is 0. The van der Waals surface area contributed by atoms with Crippen molar-refractivity contribution < 1.29 is 5.11 Å². The fourth-order valence-corrected chi connectivity index (χ4v) is 3.04. The molecule has 2 nitrogen and oxygen atoms in total. The summed E-state index contributed by atoms with van der Waals surface area (Å²) in [6.07, 6.45) is 5.35. The first-order chi connectivity index (χ1) is 5.34. The lowest BCUT2D eigenvalue weighted by Gasteiger charge is -2.55. The number of aliphatic hydroxyl groups is 1. The molecule has 5 unspecified atom stereocenters. The highest BCUT2D eigenvalue weighted by molar-refractivity contribution is 5.02. The van der Waals surface area contributed by atoms with Gasteiger partial charge in [0.05, 0.1) is 0 Å². The second-order valence-corrected chi connectivity index (χ2v) is 4.45. The van der Waals surface area contributed by atoms with E-state index in [1.165, 1.54) is 25.7 Å². The number of aliphatic hydroxyl groups excluding tert-OH is 1. The lowest BCUT2D eigenvalue weighted by molar-refractivity contribution is -0.102. The van der Waals surface area contributed by atoms with Gasteiger partial charge in [-0.2, -0.15) is 0 Å². The highest BCUT2D eigenvalue weighted by Crippen LogP contribution is 2.49. The number of hydrogen-bond acceptors (Lipinski definition) is 2. The van der Waals surface area contributed by atoms with Crippen molar-refractivity contribution in [2.24, 2.45) is 17.8 Å². The molecule has 2 saturated carbocycles. The minimum absolute atomic E-state index is 0.165. The van der Waals surface area contributed by atoms with Crippen molar-refractivity contribution in [1.82, 2.24) is 5.32 Å². The molecular weight excluding hydrogens is 138 g/mol. The van der Waals surface area contributed by atoms with Gasteiger partial charge in [0.2, 0.25) is 0 Å². The molecule has 0 radical (unpaired) electrons. The molecule has 5 atom stereocenters. The Morgan fingerprint density at radius 1 is 1.09 bits per heavy atom. The number of hydrogen-bond donors (Lipinski definition) is 2. The van der Waals surface area contributed by atoms with E-state index >= 15 is 0 Å². The van der Waals surface area contributed by atoms with Crippen LogP contribution in [0.5, 0.6) is 0 Å². The SMILES string of the molecule is OC1NC2CC3CCC3CC12. The van der Waals surface area contributed by atoms with Crippen LogP contribution in [-0.2, 0) is 0 Å². The van der Waals surface area contributed by atoms with Gasteiger partial charge in [0, 0.05) is 12.0 Å². The average Bonchev–Trinajstić information content (AvgIpc) is 1.93. The first-order valence-corrected chi connectivity index (χ1v) is 4.79. The standard InChI is InChI=1S/C9H15NO/c11-9-7-3-5-1-2-6(5)4-8(7)10-9/h5-11H,1-4H2. The third-order valence-corrected chi connectivity index (χ3v) is 4.01. The van der Waals surface area contributed by atoms with E-state index in [1.807, 2.05) is 0 Å². The van der Waals surface area contributed by atoms with Crippen LogP contribution >= 0.6 is 0 Å². The van der Waals surface area contributed by atoms with Gasteiger partial charge in [-0.3, -0.25) is 5.32 Å². The van der Waals surface area contributed by atoms with Gasteiger partial charge in [0.15, 0.2) is 0 Å². The molecule has 2 aliphatic carbocycles. The van der Waals surface area contributed by atoms with Crippen LogP contribution in [0.3, 0.4) is 0 Å². The summed E-state index contributed by atoms with van der Waals surface area (Å²) in [7, 11) is 0. The Morgan fingerprint density at radius 3 is 2.45 bits per heavy atom. The van der Waals surface area contributed by atoms with Crippen LogP contribution in [0.2, 0.25) is 0 Å². The molecular formula is C9H15NO. The monoisotopic (exact) mass is 153 g/mol. The second kappa shape index (κ2) is 1.99. The van der Waals surface area contributed by atoms with Gasteiger partial charge < -0.3 is 5.11 Å². The second-order valence-electron chi connectivity index (χ2n) is 4.45. The van der Waals surface area contributed by atoms with Gasteiger partial charge >= 0.3 is 0 Å². The van der Waals surface area contributed by atoms with E-state index in [0.29, 0.717) is 12.0 Å². The molecule has 3 aliphatic rings. The molecule has 0 aromatic rings. The van der Waals surface area contributed by atoms with Crippen LogP contribution in [0.15, 0.2) is 0 Å². The Hall–Kier alpha value is -0.0800. The molecule has 3 fully saturated rings. The Morgan fingerprint density at radius 2 is 1.82 bits per heavy atom. The predicted molar refractivity (Wildman–Crippen MR) is 41.9 cm³/mol. The maximum Gasteiger partial charge on any atom is 0.109 e. The quantitative estimate of drug-likeness (QED) is 0.537. The summed E-state index contributed by atoms with van der Waals surface area (Å²) in [5, 5.41) is 12.5. The normalized spacial score (nSPS) is 60.3. The summed E-state index contributed by atoms with van der Waals surface area (Å²) in [5.74, 6) is 2.60. The fraction of sp³-hybridized carbons (Fsp3) is 1.00. The highest BCUT2D eigenvalue weighted by Gasteiger charge is 2.49. The Bertz CT molecular complexity index is 182. The average molecular weight is 153 g/mol. The smallest absolute Gasteiger partial charge is 0.109 e. The third kappa shape index (κ3) is 0.744. The molecule has 11 heavy (non-hydrogen) atoms. The molecule has 1 aliphatic heterocycles. The first-order valence-electron chi connectivity index (χ1n) is 4.79. The van der Waals surface area contributed by atoms with Gasteiger partial charge in [-0.1, -0.05) is 0 Å². The van der Waals surface area contributed by atoms with Gasteiger partial charge in [-0.05, 0) is 37.5 Å². The van der Waals surface area contributed by atoms with Crippen LogP contribution < -0.4 is 5.32 Å². The van der Waals surface area contributed by atoms with E-state index in [2.05, 4.69) is 5.32 Å².